The molecule has 0 fully saturated rings. The zero-order valence-electron chi connectivity index (χ0n) is 23.7. The third kappa shape index (κ3) is 4.98. The molecule has 4 aromatic heterocycles. The minimum atomic E-state index is -0.920. The van der Waals surface area contributed by atoms with Crippen LogP contribution in [0.2, 0.25) is 0 Å². The number of benzene rings is 2. The molecule has 1 atom stereocenters. The maximum atomic E-state index is 13.0. The normalized spacial score (nSPS) is 14.2. The van der Waals surface area contributed by atoms with Crippen molar-refractivity contribution < 1.29 is 23.7 Å². The molecule has 0 spiro atoms. The molecule has 0 N–H and O–H groups in total. The third-order valence-electron chi connectivity index (χ3n) is 7.02. The molecule has 1 amide bonds. The van der Waals surface area contributed by atoms with Gasteiger partial charge in [-0.2, -0.15) is 0 Å². The second-order valence-electron chi connectivity index (χ2n) is 9.99. The first-order chi connectivity index (χ1) is 20.9. The summed E-state index contributed by atoms with van der Waals surface area (Å²) in [6.07, 6.45) is 1.75. The van der Waals surface area contributed by atoms with Crippen molar-refractivity contribution in [3.8, 4) is 38.5 Å². The molecular weight excluding hydrogens is 587 g/mol. The molecule has 5 heterocycles. The van der Waals surface area contributed by atoms with Crippen LogP contribution in [0.3, 0.4) is 0 Å². The van der Waals surface area contributed by atoms with Crippen LogP contribution in [-0.4, -0.2) is 53.1 Å². The number of thiophene rings is 1. The number of thiazole rings is 1. The predicted molar refractivity (Wildman–Crippen MR) is 167 cm³/mol. The van der Waals surface area contributed by atoms with Gasteiger partial charge in [0.25, 0.3) is 6.29 Å². The Morgan fingerprint density at radius 1 is 1.07 bits per heavy atom. The molecule has 7 rings (SSSR count). The highest BCUT2D eigenvalue weighted by Crippen LogP contribution is 2.46. The number of amides is 1. The van der Waals surface area contributed by atoms with Crippen LogP contribution in [0.5, 0.6) is 17.4 Å². The summed E-state index contributed by atoms with van der Waals surface area (Å²) in [6, 6.07) is 13.6. The number of aryl methyl sites for hydroxylation is 2. The fourth-order valence-corrected chi connectivity index (χ4v) is 6.72. The Labute approximate surface area is 254 Å². The Hall–Kier alpha value is -4.81. The minimum absolute atomic E-state index is 0.0339. The van der Waals surface area contributed by atoms with Gasteiger partial charge in [-0.25, -0.2) is 19.7 Å². The lowest BCUT2D eigenvalue weighted by Crippen LogP contribution is -2.38. The first kappa shape index (κ1) is 27.0. The Bertz CT molecular complexity index is 1990. The molecule has 2 aromatic carbocycles. The molecule has 0 bridgehead atoms. The van der Waals surface area contributed by atoms with Crippen molar-refractivity contribution in [1.29, 1.82) is 0 Å². The van der Waals surface area contributed by atoms with E-state index in [1.165, 1.54) is 16.2 Å². The van der Waals surface area contributed by atoms with E-state index in [0.29, 0.717) is 23.1 Å². The molecule has 1 aliphatic rings. The van der Waals surface area contributed by atoms with Crippen LogP contribution in [0.1, 0.15) is 11.1 Å². The second-order valence-corrected chi connectivity index (χ2v) is 11.9. The summed E-state index contributed by atoms with van der Waals surface area (Å²) in [7, 11) is 3.20. The molecule has 10 nitrogen and oxygen atoms in total. The van der Waals surface area contributed by atoms with Crippen molar-refractivity contribution >= 4 is 55.7 Å². The lowest BCUT2D eigenvalue weighted by atomic mass is 10.1. The van der Waals surface area contributed by atoms with Crippen LogP contribution in [0.15, 0.2) is 60.2 Å². The van der Waals surface area contributed by atoms with Gasteiger partial charge >= 0.3 is 6.09 Å². The fraction of sp³-hybridized carbons (Fsp3) is 0.194. The van der Waals surface area contributed by atoms with Crippen LogP contribution in [0, 0.1) is 13.8 Å². The van der Waals surface area contributed by atoms with Crippen LogP contribution >= 0.6 is 22.7 Å². The van der Waals surface area contributed by atoms with E-state index in [4.69, 9.17) is 23.9 Å². The van der Waals surface area contributed by atoms with Crippen molar-refractivity contribution in [3.63, 3.8) is 0 Å². The van der Waals surface area contributed by atoms with E-state index < -0.39 is 12.4 Å². The zero-order valence-corrected chi connectivity index (χ0v) is 25.3. The van der Waals surface area contributed by atoms with Crippen LogP contribution < -0.4 is 19.1 Å². The van der Waals surface area contributed by atoms with E-state index in [1.807, 2.05) is 55.6 Å². The van der Waals surface area contributed by atoms with Gasteiger partial charge in [0, 0.05) is 12.6 Å². The Morgan fingerprint density at radius 3 is 2.72 bits per heavy atom. The Balaban J connectivity index is 1.13. The van der Waals surface area contributed by atoms with E-state index in [9.17, 15) is 4.79 Å². The number of fused-ring (bicyclic) bond motifs is 4. The number of ether oxygens (including phenoxy) is 4. The molecule has 6 aromatic rings. The number of hydrogen-bond acceptors (Lipinski definition) is 11. The first-order valence-corrected chi connectivity index (χ1v) is 15.1. The first-order valence-electron chi connectivity index (χ1n) is 13.4. The monoisotopic (exact) mass is 611 g/mol. The van der Waals surface area contributed by atoms with Crippen molar-refractivity contribution in [2.45, 2.75) is 20.1 Å². The number of pyridine rings is 1. The van der Waals surface area contributed by atoms with E-state index in [-0.39, 0.29) is 6.61 Å². The fourth-order valence-electron chi connectivity index (χ4n) is 4.87. The van der Waals surface area contributed by atoms with Crippen LogP contribution in [0.25, 0.3) is 42.4 Å². The molecule has 1 aliphatic heterocycles. The van der Waals surface area contributed by atoms with Crippen molar-refractivity contribution in [1.82, 2.24) is 19.9 Å². The van der Waals surface area contributed by atoms with Crippen molar-refractivity contribution in [2.75, 3.05) is 25.7 Å². The van der Waals surface area contributed by atoms with Crippen LogP contribution in [0.4, 0.5) is 10.5 Å². The Morgan fingerprint density at radius 2 is 1.95 bits per heavy atom. The third-order valence-corrected chi connectivity index (χ3v) is 9.00. The molecule has 216 valence electrons. The molecule has 0 saturated heterocycles. The Kier molecular flexibility index (Phi) is 6.79. The van der Waals surface area contributed by atoms with E-state index >= 15 is 0 Å². The zero-order chi connectivity index (χ0) is 29.7. The average Bonchev–Trinajstić information content (AvgIpc) is 3.72. The minimum Gasteiger partial charge on any atom is -0.480 e. The van der Waals surface area contributed by atoms with Gasteiger partial charge in [-0.1, -0.05) is 6.07 Å². The number of carbonyl (C=O) groups excluding carboxylic acids is 1. The van der Waals surface area contributed by atoms with Gasteiger partial charge in [0.15, 0.2) is 18.1 Å². The van der Waals surface area contributed by atoms with E-state index in [0.717, 1.165) is 53.5 Å². The standard InChI is InChI=1S/C31H25N5O5S2/c1-16-10-19(27-21(11-16)34-24(38-4)14-33-27)30-35-26-17(2)12-22-28(29(26)43-30)39-15-25(40-22)41-31(37)36(3)18-7-8-20(32-13-18)23-6-5-9-42-23/h5-14,25H,15H2,1-4H3/t25-/m1/s1. The SMILES string of the molecule is COc1cnc2c(-c3nc4c(C)cc5c(c4s3)OC[C@@H](OC(=O)N(C)c3ccc(-c4cccs4)nc3)O5)cc(C)cc2n1. The van der Waals surface area contributed by atoms with Gasteiger partial charge in [-0.15, -0.1) is 22.7 Å². The molecule has 0 aliphatic carbocycles. The van der Waals surface area contributed by atoms with Gasteiger partial charge in [-0.3, -0.25) is 9.88 Å². The maximum Gasteiger partial charge on any atom is 0.417 e. The second kappa shape index (κ2) is 10.8. The average molecular weight is 612 g/mol. The molecule has 0 unspecified atom stereocenters. The highest BCUT2D eigenvalue weighted by Gasteiger charge is 2.30. The van der Waals surface area contributed by atoms with Gasteiger partial charge < -0.3 is 18.9 Å². The van der Waals surface area contributed by atoms with E-state index in [1.54, 1.807) is 37.9 Å². The quantitative estimate of drug-likeness (QED) is 0.203. The largest absolute Gasteiger partial charge is 0.480 e. The number of nitrogens with zero attached hydrogens (tertiary/aromatic N) is 5. The number of carbonyl (C=O) groups is 1. The lowest BCUT2D eigenvalue weighted by Gasteiger charge is -2.28. The summed E-state index contributed by atoms with van der Waals surface area (Å²) in [5.74, 6) is 1.52. The molecular formula is C31H25N5O5S2. The van der Waals surface area contributed by atoms with Gasteiger partial charge in [0.1, 0.15) is 9.71 Å². The summed E-state index contributed by atoms with van der Waals surface area (Å²) in [5.41, 5.74) is 6.55. The summed E-state index contributed by atoms with van der Waals surface area (Å²) in [4.78, 5) is 34.0. The molecule has 12 heteroatoms. The number of methoxy groups -OCH3 is 1. The summed E-state index contributed by atoms with van der Waals surface area (Å²) >= 11 is 3.10. The van der Waals surface area contributed by atoms with Gasteiger partial charge in [-0.05, 0) is 66.8 Å². The maximum absolute atomic E-state index is 13.0. The number of aromatic nitrogens is 4. The summed E-state index contributed by atoms with van der Waals surface area (Å²) < 4.78 is 24.0. The summed E-state index contributed by atoms with van der Waals surface area (Å²) in [6.45, 7) is 4.01. The van der Waals surface area contributed by atoms with E-state index in [2.05, 4.69) is 21.0 Å². The van der Waals surface area contributed by atoms with Crippen molar-refractivity contribution in [3.05, 3.63) is 71.4 Å². The lowest BCUT2D eigenvalue weighted by molar-refractivity contribution is -0.0718. The number of hydrogen-bond donors (Lipinski definition) is 0. The highest BCUT2D eigenvalue weighted by atomic mass is 32.1. The molecule has 0 saturated carbocycles. The number of rotatable bonds is 5. The van der Waals surface area contributed by atoms with Gasteiger partial charge in [0.05, 0.1) is 52.3 Å². The number of anilines is 1. The molecule has 0 radical (unpaired) electrons. The summed E-state index contributed by atoms with van der Waals surface area (Å²) in [5, 5.41) is 2.79. The van der Waals surface area contributed by atoms with Crippen molar-refractivity contribution in [2.24, 2.45) is 0 Å². The molecule has 43 heavy (non-hydrogen) atoms. The van der Waals surface area contributed by atoms with Crippen LogP contribution in [-0.2, 0) is 4.74 Å². The smallest absolute Gasteiger partial charge is 0.417 e. The highest BCUT2D eigenvalue weighted by molar-refractivity contribution is 7.22. The van der Waals surface area contributed by atoms with Gasteiger partial charge in [0.2, 0.25) is 5.88 Å². The topological polar surface area (TPSA) is 109 Å². The predicted octanol–water partition coefficient (Wildman–Crippen LogP) is 7.03.